The summed E-state index contributed by atoms with van der Waals surface area (Å²) in [5.41, 5.74) is 3.67. The molecule has 0 aromatic heterocycles. The molecule has 3 heteroatoms. The fourth-order valence-corrected chi connectivity index (χ4v) is 0.998. The summed E-state index contributed by atoms with van der Waals surface area (Å²) in [4.78, 5) is 0. The van der Waals surface area contributed by atoms with Crippen LogP contribution in [0.2, 0.25) is 0 Å². The molecular formula is C9H13FN2. The molecule has 0 spiro atoms. The highest BCUT2D eigenvalue weighted by Gasteiger charge is 2.20. The molecular weight excluding hydrogens is 155 g/mol. The average molecular weight is 168 g/mol. The van der Waals surface area contributed by atoms with Crippen molar-refractivity contribution in [1.82, 2.24) is 5.43 Å². The molecule has 1 aliphatic rings. The van der Waals surface area contributed by atoms with Gasteiger partial charge in [-0.25, -0.2) is 4.39 Å². The van der Waals surface area contributed by atoms with Crippen molar-refractivity contribution in [3.63, 3.8) is 0 Å². The molecule has 0 saturated heterocycles. The number of hydrogen-bond acceptors (Lipinski definition) is 2. The van der Waals surface area contributed by atoms with Crippen molar-refractivity contribution in [3.8, 4) is 0 Å². The minimum absolute atomic E-state index is 0.234. The van der Waals surface area contributed by atoms with E-state index in [1.165, 1.54) is 6.08 Å². The summed E-state index contributed by atoms with van der Waals surface area (Å²) in [6.45, 7) is 3.88. The molecule has 0 aromatic rings. The minimum atomic E-state index is -0.234. The van der Waals surface area contributed by atoms with E-state index in [2.05, 4.69) is 10.5 Å². The first-order chi connectivity index (χ1) is 5.66. The Morgan fingerprint density at radius 1 is 1.75 bits per heavy atom. The molecule has 0 radical (unpaired) electrons. The van der Waals surface area contributed by atoms with Gasteiger partial charge in [-0.2, -0.15) is 5.10 Å². The predicted octanol–water partition coefficient (Wildman–Crippen LogP) is 2.15. The monoisotopic (exact) mass is 168 g/mol. The third kappa shape index (κ3) is 2.19. The Morgan fingerprint density at radius 3 is 3.00 bits per heavy atom. The highest BCUT2D eigenvalue weighted by molar-refractivity contribution is 5.93. The van der Waals surface area contributed by atoms with Crippen molar-refractivity contribution in [2.24, 2.45) is 5.10 Å². The summed E-state index contributed by atoms with van der Waals surface area (Å²) in [6, 6.07) is 0. The van der Waals surface area contributed by atoms with Gasteiger partial charge in [0.05, 0.1) is 17.6 Å². The number of halogens is 1. The van der Waals surface area contributed by atoms with Crippen LogP contribution in [-0.4, -0.2) is 11.3 Å². The summed E-state index contributed by atoms with van der Waals surface area (Å²) in [5.74, 6) is 0. The second-order valence-electron chi connectivity index (χ2n) is 3.18. The summed E-state index contributed by atoms with van der Waals surface area (Å²) in [7, 11) is 0. The lowest BCUT2D eigenvalue weighted by molar-refractivity contribution is 0.449. The predicted molar refractivity (Wildman–Crippen MR) is 48.7 cm³/mol. The molecule has 12 heavy (non-hydrogen) atoms. The van der Waals surface area contributed by atoms with Crippen LogP contribution in [0, 0.1) is 0 Å². The molecule has 0 fully saturated rings. The number of nitrogens with one attached hydrogen (secondary N) is 1. The van der Waals surface area contributed by atoms with Gasteiger partial charge in [0.15, 0.2) is 0 Å². The maximum Gasteiger partial charge on any atom is 0.0828 e. The molecule has 1 unspecified atom stereocenters. The maximum atomic E-state index is 11.7. The summed E-state index contributed by atoms with van der Waals surface area (Å²) in [6.07, 6.45) is 6.58. The first-order valence-electron chi connectivity index (χ1n) is 3.92. The Labute approximate surface area is 71.9 Å². The van der Waals surface area contributed by atoms with Gasteiger partial charge in [0.1, 0.15) is 0 Å². The fourth-order valence-electron chi connectivity index (χ4n) is 0.998. The van der Waals surface area contributed by atoms with Crippen LogP contribution in [0.15, 0.2) is 29.7 Å². The number of hydrogen-bond donors (Lipinski definition) is 1. The molecule has 1 heterocycles. The van der Waals surface area contributed by atoms with E-state index in [4.69, 9.17) is 0 Å². The van der Waals surface area contributed by atoms with E-state index in [0.29, 0.717) is 12.8 Å². The summed E-state index contributed by atoms with van der Waals surface area (Å²) < 4.78 is 11.7. The summed E-state index contributed by atoms with van der Waals surface area (Å²) >= 11 is 0. The lowest BCUT2D eigenvalue weighted by atomic mass is 9.97. The molecule has 1 rings (SSSR count). The average Bonchev–Trinajstić information content (AvgIpc) is 2.08. The van der Waals surface area contributed by atoms with E-state index < -0.39 is 0 Å². The number of hydrazone groups is 1. The summed E-state index contributed by atoms with van der Waals surface area (Å²) in [5, 5.41) is 4.06. The van der Waals surface area contributed by atoms with Crippen molar-refractivity contribution < 1.29 is 4.39 Å². The van der Waals surface area contributed by atoms with Crippen molar-refractivity contribution in [1.29, 1.82) is 0 Å². The highest BCUT2D eigenvalue weighted by Crippen LogP contribution is 2.15. The molecule has 0 bridgehead atoms. The zero-order valence-corrected chi connectivity index (χ0v) is 7.34. The Morgan fingerprint density at radius 2 is 2.50 bits per heavy atom. The van der Waals surface area contributed by atoms with E-state index in [1.807, 2.05) is 26.0 Å². The van der Waals surface area contributed by atoms with Crippen molar-refractivity contribution in [3.05, 3.63) is 24.6 Å². The SMILES string of the molecule is CC1=NNC(C)(C/C=C/F)C=C1. The quantitative estimate of drug-likeness (QED) is 0.671. The standard InChI is InChI=1S/C9H13FN2/c1-8-4-6-9(2,12-11-8)5-3-7-10/h3-4,6-7,12H,5H2,1-2H3/b7-3+. The zero-order valence-electron chi connectivity index (χ0n) is 7.34. The normalized spacial score (nSPS) is 28.8. The Balaban J connectivity index is 2.59. The van der Waals surface area contributed by atoms with Crippen LogP contribution >= 0.6 is 0 Å². The van der Waals surface area contributed by atoms with E-state index in [1.54, 1.807) is 0 Å². The van der Waals surface area contributed by atoms with Gasteiger partial charge >= 0.3 is 0 Å². The van der Waals surface area contributed by atoms with Crippen LogP contribution < -0.4 is 5.43 Å². The lowest BCUT2D eigenvalue weighted by Gasteiger charge is -2.26. The largest absolute Gasteiger partial charge is 0.300 e. The van der Waals surface area contributed by atoms with Crippen molar-refractivity contribution in [2.45, 2.75) is 25.8 Å². The van der Waals surface area contributed by atoms with Gasteiger partial charge in [-0.05, 0) is 26.3 Å². The van der Waals surface area contributed by atoms with Gasteiger partial charge in [-0.15, -0.1) is 0 Å². The van der Waals surface area contributed by atoms with Crippen LogP contribution in [0.1, 0.15) is 20.3 Å². The van der Waals surface area contributed by atoms with Gasteiger partial charge in [0.25, 0.3) is 0 Å². The van der Waals surface area contributed by atoms with E-state index in [-0.39, 0.29) is 5.54 Å². The van der Waals surface area contributed by atoms with Gasteiger partial charge in [-0.3, -0.25) is 5.43 Å². The third-order valence-electron chi connectivity index (χ3n) is 1.81. The molecule has 0 aliphatic carbocycles. The number of nitrogens with zero attached hydrogens (tertiary/aromatic N) is 1. The van der Waals surface area contributed by atoms with Gasteiger partial charge < -0.3 is 0 Å². The molecule has 0 amide bonds. The van der Waals surface area contributed by atoms with Crippen LogP contribution in [0.25, 0.3) is 0 Å². The lowest BCUT2D eigenvalue weighted by Crippen LogP contribution is -2.39. The smallest absolute Gasteiger partial charge is 0.0828 e. The maximum absolute atomic E-state index is 11.7. The fraction of sp³-hybridized carbons (Fsp3) is 0.444. The highest BCUT2D eigenvalue weighted by atomic mass is 19.1. The molecule has 1 aliphatic heterocycles. The van der Waals surface area contributed by atoms with Gasteiger partial charge in [-0.1, -0.05) is 12.2 Å². The van der Waals surface area contributed by atoms with Crippen LogP contribution in [0.5, 0.6) is 0 Å². The molecule has 0 saturated carbocycles. The van der Waals surface area contributed by atoms with E-state index in [9.17, 15) is 4.39 Å². The minimum Gasteiger partial charge on any atom is -0.300 e. The molecule has 1 atom stereocenters. The molecule has 0 aromatic carbocycles. The number of rotatable bonds is 2. The molecule has 66 valence electrons. The van der Waals surface area contributed by atoms with Crippen LogP contribution in [-0.2, 0) is 0 Å². The Kier molecular flexibility index (Phi) is 2.63. The van der Waals surface area contributed by atoms with Crippen LogP contribution in [0.4, 0.5) is 4.39 Å². The number of allylic oxidation sites excluding steroid dienone is 1. The third-order valence-corrected chi connectivity index (χ3v) is 1.81. The van der Waals surface area contributed by atoms with Gasteiger partial charge in [0, 0.05) is 0 Å². The van der Waals surface area contributed by atoms with Crippen molar-refractivity contribution >= 4 is 5.71 Å². The first kappa shape index (κ1) is 8.97. The van der Waals surface area contributed by atoms with Crippen molar-refractivity contribution in [2.75, 3.05) is 0 Å². The Hall–Kier alpha value is -1.12. The van der Waals surface area contributed by atoms with Gasteiger partial charge in [0.2, 0.25) is 0 Å². The first-order valence-corrected chi connectivity index (χ1v) is 3.92. The second-order valence-corrected chi connectivity index (χ2v) is 3.18. The topological polar surface area (TPSA) is 24.4 Å². The van der Waals surface area contributed by atoms with E-state index >= 15 is 0 Å². The zero-order chi connectivity index (χ0) is 9.03. The Bertz CT molecular complexity index is 239. The van der Waals surface area contributed by atoms with E-state index in [0.717, 1.165) is 5.71 Å². The van der Waals surface area contributed by atoms with Crippen LogP contribution in [0.3, 0.4) is 0 Å². The molecule has 1 N–H and O–H groups in total. The second kappa shape index (κ2) is 3.52. The molecule has 2 nitrogen and oxygen atoms in total.